The van der Waals surface area contributed by atoms with Crippen LogP contribution in [0.2, 0.25) is 0 Å². The summed E-state index contributed by atoms with van der Waals surface area (Å²) < 4.78 is 2.61. The van der Waals surface area contributed by atoms with E-state index in [0.717, 1.165) is 28.9 Å². The van der Waals surface area contributed by atoms with Crippen molar-refractivity contribution in [3.8, 4) is 67.0 Å². The molecule has 0 saturated carbocycles. The van der Waals surface area contributed by atoms with Crippen molar-refractivity contribution in [2.24, 2.45) is 0 Å². The molecule has 3 heteroatoms. The van der Waals surface area contributed by atoms with E-state index in [0.29, 0.717) is 0 Å². The van der Waals surface area contributed by atoms with E-state index in [2.05, 4.69) is 156 Å². The summed E-state index contributed by atoms with van der Waals surface area (Å²) in [5.41, 5.74) is 17.0. The number of hydrogen-bond acceptors (Lipinski definition) is 3. The number of pyridine rings is 2. The van der Waals surface area contributed by atoms with E-state index >= 15 is 0 Å². The minimum absolute atomic E-state index is 0.962. The fourth-order valence-corrected chi connectivity index (χ4v) is 8.67. The summed E-state index contributed by atoms with van der Waals surface area (Å²) in [6.45, 7) is 0. The average Bonchev–Trinajstić information content (AvgIpc) is 3.75. The van der Waals surface area contributed by atoms with Crippen LogP contribution in [0, 0.1) is 0 Å². The van der Waals surface area contributed by atoms with Gasteiger partial charge in [0.1, 0.15) is 0 Å². The number of rotatable bonds is 5. The number of hydrogen-bond donors (Lipinski definition) is 0. The van der Waals surface area contributed by atoms with Crippen LogP contribution in [0.1, 0.15) is 11.1 Å². The highest BCUT2D eigenvalue weighted by Gasteiger charge is 2.21. The monoisotopic (exact) mass is 654 g/mol. The zero-order valence-electron chi connectivity index (χ0n) is 27.2. The van der Waals surface area contributed by atoms with E-state index in [4.69, 9.17) is 0 Å². The fraction of sp³-hybridized carbons (Fsp3) is 0.0213. The Morgan fingerprint density at radius 1 is 0.360 bits per heavy atom. The summed E-state index contributed by atoms with van der Waals surface area (Å²) >= 11 is 1.86. The lowest BCUT2D eigenvalue weighted by Gasteiger charge is -2.12. The number of benzene rings is 6. The quantitative estimate of drug-likeness (QED) is 0.185. The highest BCUT2D eigenvalue weighted by atomic mass is 32.1. The second-order valence-electron chi connectivity index (χ2n) is 13.0. The predicted octanol–water partition coefficient (Wildman–Crippen LogP) is 12.8. The Hall–Kier alpha value is -6.16. The van der Waals surface area contributed by atoms with Crippen LogP contribution in [0.3, 0.4) is 0 Å². The molecule has 1 aliphatic carbocycles. The van der Waals surface area contributed by atoms with E-state index in [1.165, 1.54) is 75.8 Å². The lowest BCUT2D eigenvalue weighted by Crippen LogP contribution is -1.89. The van der Waals surface area contributed by atoms with Crippen LogP contribution in [-0.2, 0) is 6.42 Å². The predicted molar refractivity (Wildman–Crippen MR) is 210 cm³/mol. The highest BCUT2D eigenvalue weighted by Crippen LogP contribution is 2.44. The third-order valence-corrected chi connectivity index (χ3v) is 11.2. The maximum Gasteiger partial charge on any atom is 0.0708 e. The topological polar surface area (TPSA) is 25.8 Å². The van der Waals surface area contributed by atoms with Gasteiger partial charge in [-0.05, 0) is 123 Å². The third kappa shape index (κ3) is 4.86. The standard InChI is InChI=1S/C47H30N2S/c1-3-11-38(44-13-5-7-23-48-44)36(9-1)34-18-17-33-25-32-16-15-30(26-40(32)41(33)28-34)31-19-21-46-42(27-31)43-29-35(20-22-47(43)50-46)37-10-2-4-12-39(37)45-14-6-8-24-49-45/h1-24,26-29H,25H2. The summed E-state index contributed by atoms with van der Waals surface area (Å²) in [7, 11) is 0. The van der Waals surface area contributed by atoms with Gasteiger partial charge < -0.3 is 0 Å². The largest absolute Gasteiger partial charge is 0.256 e. The van der Waals surface area contributed by atoms with E-state index in [-0.39, 0.29) is 0 Å². The van der Waals surface area contributed by atoms with Crippen molar-refractivity contribution in [3.63, 3.8) is 0 Å². The van der Waals surface area contributed by atoms with Gasteiger partial charge in [0.15, 0.2) is 0 Å². The molecule has 0 spiro atoms. The van der Waals surface area contributed by atoms with Crippen LogP contribution in [0.15, 0.2) is 170 Å². The van der Waals surface area contributed by atoms with E-state index in [9.17, 15) is 0 Å². The minimum atomic E-state index is 0.962. The van der Waals surface area contributed by atoms with E-state index in [1.807, 2.05) is 35.9 Å². The lowest BCUT2D eigenvalue weighted by molar-refractivity contribution is 1.26. The highest BCUT2D eigenvalue weighted by molar-refractivity contribution is 7.25. The van der Waals surface area contributed by atoms with Crippen molar-refractivity contribution in [1.82, 2.24) is 9.97 Å². The van der Waals surface area contributed by atoms with Crippen LogP contribution < -0.4 is 0 Å². The van der Waals surface area contributed by atoms with Gasteiger partial charge in [0, 0.05) is 43.7 Å². The van der Waals surface area contributed by atoms with Crippen LogP contribution >= 0.6 is 11.3 Å². The van der Waals surface area contributed by atoms with Crippen LogP contribution in [0.4, 0.5) is 0 Å². The Kier molecular flexibility index (Phi) is 6.78. The average molecular weight is 655 g/mol. The number of fused-ring (bicyclic) bond motifs is 6. The van der Waals surface area contributed by atoms with Crippen molar-refractivity contribution >= 4 is 31.5 Å². The summed E-state index contributed by atoms with van der Waals surface area (Å²) in [5.74, 6) is 0. The fourth-order valence-electron chi connectivity index (χ4n) is 7.60. The number of aromatic nitrogens is 2. The summed E-state index contributed by atoms with van der Waals surface area (Å²) in [4.78, 5) is 9.32. The van der Waals surface area contributed by atoms with Crippen LogP contribution in [0.5, 0.6) is 0 Å². The molecule has 0 fully saturated rings. The maximum atomic E-state index is 4.66. The van der Waals surface area contributed by atoms with E-state index in [1.54, 1.807) is 0 Å². The molecule has 6 aromatic carbocycles. The van der Waals surface area contributed by atoms with Gasteiger partial charge in [-0.3, -0.25) is 9.97 Å². The van der Waals surface area contributed by atoms with Crippen LogP contribution in [-0.4, -0.2) is 9.97 Å². The molecule has 3 aromatic heterocycles. The molecule has 0 aliphatic heterocycles. The normalized spacial score (nSPS) is 11.9. The zero-order valence-corrected chi connectivity index (χ0v) is 28.0. The van der Waals surface area contributed by atoms with Crippen molar-refractivity contribution in [1.29, 1.82) is 0 Å². The minimum Gasteiger partial charge on any atom is -0.256 e. The first-order chi connectivity index (χ1) is 24.8. The molecular weight excluding hydrogens is 625 g/mol. The Bertz CT molecular complexity index is 2730. The molecule has 0 unspecified atom stereocenters. The lowest BCUT2D eigenvalue weighted by atomic mass is 9.93. The maximum absolute atomic E-state index is 4.66. The van der Waals surface area contributed by atoms with Gasteiger partial charge in [-0.1, -0.05) is 97.1 Å². The Morgan fingerprint density at radius 2 is 0.800 bits per heavy atom. The summed E-state index contributed by atoms with van der Waals surface area (Å²) in [6, 6.07) is 57.2. The Morgan fingerprint density at radius 3 is 1.38 bits per heavy atom. The van der Waals surface area contributed by atoms with Gasteiger partial charge in [0.05, 0.1) is 11.4 Å². The molecule has 50 heavy (non-hydrogen) atoms. The number of thiophene rings is 1. The summed E-state index contributed by atoms with van der Waals surface area (Å²) in [6.07, 6.45) is 4.69. The van der Waals surface area contributed by atoms with Gasteiger partial charge in [-0.2, -0.15) is 0 Å². The molecule has 0 atom stereocenters. The smallest absolute Gasteiger partial charge is 0.0708 e. The van der Waals surface area contributed by atoms with Crippen molar-refractivity contribution in [3.05, 3.63) is 181 Å². The molecule has 3 heterocycles. The second kappa shape index (κ2) is 11.8. The third-order valence-electron chi connectivity index (χ3n) is 10.1. The van der Waals surface area contributed by atoms with Gasteiger partial charge in [-0.15, -0.1) is 11.3 Å². The second-order valence-corrected chi connectivity index (χ2v) is 14.0. The Labute approximate surface area is 295 Å². The Balaban J connectivity index is 1.05. The first kappa shape index (κ1) is 28.8. The molecule has 0 bridgehead atoms. The van der Waals surface area contributed by atoms with E-state index < -0.39 is 0 Å². The van der Waals surface area contributed by atoms with Gasteiger partial charge >= 0.3 is 0 Å². The van der Waals surface area contributed by atoms with Gasteiger partial charge in [-0.25, -0.2) is 0 Å². The molecule has 10 rings (SSSR count). The molecule has 0 N–H and O–H groups in total. The first-order valence-corrected chi connectivity index (χ1v) is 17.8. The van der Waals surface area contributed by atoms with Gasteiger partial charge in [0.2, 0.25) is 0 Å². The number of nitrogens with zero attached hydrogens (tertiary/aromatic N) is 2. The molecule has 0 saturated heterocycles. The molecule has 2 nitrogen and oxygen atoms in total. The molecule has 234 valence electrons. The molecule has 1 aliphatic rings. The van der Waals surface area contributed by atoms with Gasteiger partial charge in [0.25, 0.3) is 0 Å². The first-order valence-electron chi connectivity index (χ1n) is 17.0. The van der Waals surface area contributed by atoms with Crippen molar-refractivity contribution < 1.29 is 0 Å². The SMILES string of the molecule is c1ccc(-c2ccccc2-c2ccc3c(c2)-c2cc(-c4ccc5sc6ccc(-c7ccccc7-c7ccccn7)cc6c5c4)ccc2C3)nc1. The molecular formula is C47H30N2S. The zero-order chi connectivity index (χ0) is 33.0. The molecule has 0 radical (unpaired) electrons. The van der Waals surface area contributed by atoms with Crippen LogP contribution in [0.25, 0.3) is 87.2 Å². The van der Waals surface area contributed by atoms with Crippen molar-refractivity contribution in [2.45, 2.75) is 6.42 Å². The van der Waals surface area contributed by atoms with Crippen molar-refractivity contribution in [2.75, 3.05) is 0 Å². The molecule has 0 amide bonds. The summed E-state index contributed by atoms with van der Waals surface area (Å²) in [5, 5.41) is 2.59. The molecule has 9 aromatic rings.